The summed E-state index contributed by atoms with van der Waals surface area (Å²) in [5.41, 5.74) is 3.97. The van der Waals surface area contributed by atoms with Crippen LogP contribution in [-0.2, 0) is 13.1 Å². The fourth-order valence-electron chi connectivity index (χ4n) is 2.78. The van der Waals surface area contributed by atoms with Crippen LogP contribution in [0.15, 0.2) is 24.5 Å². The molecule has 0 unspecified atom stereocenters. The number of rotatable bonds is 5. The second-order valence-corrected chi connectivity index (χ2v) is 5.75. The van der Waals surface area contributed by atoms with Crippen molar-refractivity contribution >= 4 is 5.91 Å². The number of carbonyl (C=O) groups is 1. The molecule has 3 heterocycles. The topological polar surface area (TPSA) is 55.3 Å². The zero-order valence-corrected chi connectivity index (χ0v) is 13.4. The Kier molecular flexibility index (Phi) is 4.42. The molecule has 1 aliphatic rings. The second kappa shape index (κ2) is 6.51. The summed E-state index contributed by atoms with van der Waals surface area (Å²) in [6.07, 6.45) is 0.648. The number of fused-ring (bicyclic) bond motifs is 1. The molecule has 2 aromatic heterocycles. The maximum atomic E-state index is 12.5. The van der Waals surface area contributed by atoms with E-state index in [-0.39, 0.29) is 11.8 Å². The molecule has 1 aliphatic heterocycles. The molecule has 2 aromatic rings. The molecule has 24 heavy (non-hydrogen) atoms. The highest BCUT2D eigenvalue weighted by molar-refractivity contribution is 5.98. The minimum Gasteiger partial charge on any atom is -0.471 e. The molecule has 0 fully saturated rings. The van der Waals surface area contributed by atoms with E-state index >= 15 is 0 Å². The Morgan fingerprint density at radius 2 is 2.12 bits per heavy atom. The van der Waals surface area contributed by atoms with Crippen LogP contribution in [0.2, 0.25) is 0 Å². The zero-order chi connectivity index (χ0) is 17.3. The monoisotopic (exact) mass is 333 g/mol. The Bertz CT molecular complexity index is 780. The highest BCUT2D eigenvalue weighted by Crippen LogP contribution is 2.26. The van der Waals surface area contributed by atoms with Crippen molar-refractivity contribution in [3.05, 3.63) is 52.5 Å². The number of aryl methyl sites for hydroxylation is 2. The Labute approximate surface area is 138 Å². The molecule has 5 nitrogen and oxygen atoms in total. The smallest absolute Gasteiger partial charge is 0.272 e. The van der Waals surface area contributed by atoms with Gasteiger partial charge in [-0.2, -0.15) is 0 Å². The zero-order valence-electron chi connectivity index (χ0n) is 13.4. The Balaban J connectivity index is 1.72. The average molecular weight is 333 g/mol. The van der Waals surface area contributed by atoms with Crippen molar-refractivity contribution in [2.75, 3.05) is 6.61 Å². The fraction of sp³-hybridized carbons (Fsp3) is 0.353. The maximum Gasteiger partial charge on any atom is 0.272 e. The number of halogens is 2. The third-order valence-electron chi connectivity index (χ3n) is 3.94. The molecule has 0 aromatic carbocycles. The van der Waals surface area contributed by atoms with Gasteiger partial charge < -0.3 is 9.64 Å². The van der Waals surface area contributed by atoms with Crippen LogP contribution in [0.25, 0.3) is 0 Å². The van der Waals surface area contributed by atoms with Crippen LogP contribution in [0, 0.1) is 13.8 Å². The van der Waals surface area contributed by atoms with Gasteiger partial charge in [0.05, 0.1) is 0 Å². The first-order chi connectivity index (χ1) is 11.5. The van der Waals surface area contributed by atoms with E-state index in [2.05, 4.69) is 9.97 Å². The van der Waals surface area contributed by atoms with Crippen molar-refractivity contribution in [3.63, 3.8) is 0 Å². The lowest BCUT2D eigenvalue weighted by atomic mass is 10.1. The predicted molar refractivity (Wildman–Crippen MR) is 83.0 cm³/mol. The van der Waals surface area contributed by atoms with Crippen molar-refractivity contribution < 1.29 is 18.3 Å². The molecule has 0 spiro atoms. The minimum absolute atomic E-state index is 0.0359. The van der Waals surface area contributed by atoms with Crippen molar-refractivity contribution in [1.82, 2.24) is 14.9 Å². The first-order valence-electron chi connectivity index (χ1n) is 7.56. The standard InChI is InChI=1S/C17H17F2N3O2/c1-10-5-12(6-21-16(10)24-9-15(18)19)7-22-8-14-11(2)20-4-3-13(14)17(22)23/h3-6,15H,7-9H2,1-2H3. The van der Waals surface area contributed by atoms with Crippen LogP contribution in [0.5, 0.6) is 5.88 Å². The van der Waals surface area contributed by atoms with E-state index in [4.69, 9.17) is 4.74 Å². The molecule has 7 heteroatoms. The maximum absolute atomic E-state index is 12.5. The van der Waals surface area contributed by atoms with Gasteiger partial charge in [-0.25, -0.2) is 13.8 Å². The van der Waals surface area contributed by atoms with Crippen LogP contribution in [0.1, 0.15) is 32.7 Å². The fourth-order valence-corrected chi connectivity index (χ4v) is 2.78. The highest BCUT2D eigenvalue weighted by atomic mass is 19.3. The molecular formula is C17H17F2N3O2. The normalized spacial score (nSPS) is 13.5. The van der Waals surface area contributed by atoms with Gasteiger partial charge in [0, 0.05) is 47.9 Å². The summed E-state index contributed by atoms with van der Waals surface area (Å²) in [4.78, 5) is 22.5. The quantitative estimate of drug-likeness (QED) is 0.844. The largest absolute Gasteiger partial charge is 0.471 e. The van der Waals surface area contributed by atoms with Gasteiger partial charge in [-0.15, -0.1) is 0 Å². The van der Waals surface area contributed by atoms with Crippen LogP contribution in [0.3, 0.4) is 0 Å². The molecule has 0 saturated carbocycles. The molecule has 0 N–H and O–H groups in total. The lowest BCUT2D eigenvalue weighted by molar-refractivity contribution is 0.0762. The molecular weight excluding hydrogens is 316 g/mol. The van der Waals surface area contributed by atoms with Gasteiger partial charge in [0.15, 0.2) is 6.61 Å². The van der Waals surface area contributed by atoms with Crippen LogP contribution in [0.4, 0.5) is 8.78 Å². The Morgan fingerprint density at radius 3 is 2.79 bits per heavy atom. The van der Waals surface area contributed by atoms with Crippen molar-refractivity contribution in [3.8, 4) is 5.88 Å². The molecule has 0 atom stereocenters. The van der Waals surface area contributed by atoms with Crippen LogP contribution >= 0.6 is 0 Å². The van der Waals surface area contributed by atoms with Gasteiger partial charge >= 0.3 is 0 Å². The lowest BCUT2D eigenvalue weighted by Gasteiger charge is -2.16. The van der Waals surface area contributed by atoms with Gasteiger partial charge in [0.1, 0.15) is 0 Å². The van der Waals surface area contributed by atoms with Crippen LogP contribution < -0.4 is 4.74 Å². The summed E-state index contributed by atoms with van der Waals surface area (Å²) in [6, 6.07) is 3.53. The van der Waals surface area contributed by atoms with E-state index < -0.39 is 13.0 Å². The summed E-state index contributed by atoms with van der Waals surface area (Å²) < 4.78 is 29.4. The molecule has 0 radical (unpaired) electrons. The van der Waals surface area contributed by atoms with Gasteiger partial charge in [-0.1, -0.05) is 0 Å². The molecule has 0 saturated heterocycles. The number of hydrogen-bond donors (Lipinski definition) is 0. The van der Waals surface area contributed by atoms with E-state index in [0.717, 1.165) is 16.8 Å². The first-order valence-corrected chi connectivity index (χ1v) is 7.56. The summed E-state index contributed by atoms with van der Waals surface area (Å²) in [5, 5.41) is 0. The predicted octanol–water partition coefficient (Wildman–Crippen LogP) is 2.89. The van der Waals surface area contributed by atoms with Crippen molar-refractivity contribution in [2.24, 2.45) is 0 Å². The van der Waals surface area contributed by atoms with E-state index in [9.17, 15) is 13.6 Å². The Morgan fingerprint density at radius 1 is 1.33 bits per heavy atom. The Hall–Kier alpha value is -2.57. The summed E-state index contributed by atoms with van der Waals surface area (Å²) in [6.45, 7) is 3.86. The number of carbonyl (C=O) groups excluding carboxylic acids is 1. The SMILES string of the molecule is Cc1cc(CN2Cc3c(ccnc3C)C2=O)cnc1OCC(F)F. The summed E-state index contributed by atoms with van der Waals surface area (Å²) in [5.74, 6) is 0.154. The van der Waals surface area contributed by atoms with E-state index in [1.165, 1.54) is 0 Å². The number of pyridine rings is 2. The summed E-state index contributed by atoms with van der Waals surface area (Å²) in [7, 11) is 0. The number of aromatic nitrogens is 2. The van der Waals surface area contributed by atoms with Crippen molar-refractivity contribution in [2.45, 2.75) is 33.4 Å². The molecule has 1 amide bonds. The molecule has 0 aliphatic carbocycles. The summed E-state index contributed by atoms with van der Waals surface area (Å²) >= 11 is 0. The number of nitrogens with zero attached hydrogens (tertiary/aromatic N) is 3. The molecule has 0 bridgehead atoms. The molecule has 126 valence electrons. The van der Waals surface area contributed by atoms with Gasteiger partial charge in [0.25, 0.3) is 12.3 Å². The van der Waals surface area contributed by atoms with Crippen LogP contribution in [-0.4, -0.2) is 33.8 Å². The van der Waals surface area contributed by atoms with Gasteiger partial charge in [0.2, 0.25) is 5.88 Å². The number of amides is 1. The molecule has 3 rings (SSSR count). The third kappa shape index (κ3) is 3.20. The number of alkyl halides is 2. The van der Waals surface area contributed by atoms with Crippen molar-refractivity contribution in [1.29, 1.82) is 0 Å². The van der Waals surface area contributed by atoms with Gasteiger partial charge in [-0.3, -0.25) is 9.78 Å². The third-order valence-corrected chi connectivity index (χ3v) is 3.94. The van der Waals surface area contributed by atoms with E-state index in [1.807, 2.05) is 6.92 Å². The highest BCUT2D eigenvalue weighted by Gasteiger charge is 2.28. The van der Waals surface area contributed by atoms with E-state index in [1.54, 1.807) is 36.4 Å². The lowest BCUT2D eigenvalue weighted by Crippen LogP contribution is -2.23. The second-order valence-electron chi connectivity index (χ2n) is 5.75. The number of hydrogen-bond acceptors (Lipinski definition) is 4. The van der Waals surface area contributed by atoms with Gasteiger partial charge in [-0.05, 0) is 31.5 Å². The first kappa shape index (κ1) is 16.3. The average Bonchev–Trinajstić information content (AvgIpc) is 2.85. The van der Waals surface area contributed by atoms with E-state index in [0.29, 0.717) is 24.2 Å². The number of ether oxygens (including phenoxy) is 1. The minimum atomic E-state index is -2.54.